The average molecular weight is 345 g/mol. The number of rotatable bonds is 5. The van der Waals surface area contributed by atoms with Crippen molar-refractivity contribution in [1.82, 2.24) is 9.97 Å². The molecule has 2 aromatic rings. The number of aliphatic hydroxyl groups is 2. The number of halogens is 1. The monoisotopic (exact) mass is 345 g/mol. The van der Waals surface area contributed by atoms with E-state index < -0.39 is 11.6 Å². The number of hydrogen-bond donors (Lipinski definition) is 3. The van der Waals surface area contributed by atoms with Gasteiger partial charge in [0.1, 0.15) is 11.6 Å². The Hall–Kier alpha value is -2.25. The molecule has 0 saturated heterocycles. The van der Waals surface area contributed by atoms with Crippen LogP contribution in [-0.2, 0) is 0 Å². The molecule has 3 N–H and O–H groups in total. The SMILES string of the molecule is OC[C@]1(Nc2nccc(Oc3ccc(F)cc3)n2)C[C@H](O)C12CCC2. The van der Waals surface area contributed by atoms with E-state index in [0.717, 1.165) is 19.3 Å². The van der Waals surface area contributed by atoms with Crippen LogP contribution in [0.3, 0.4) is 0 Å². The molecule has 0 radical (unpaired) electrons. The van der Waals surface area contributed by atoms with Crippen molar-refractivity contribution >= 4 is 5.95 Å². The van der Waals surface area contributed by atoms with Crippen molar-refractivity contribution in [2.45, 2.75) is 37.3 Å². The highest BCUT2D eigenvalue weighted by Gasteiger charge is 2.67. The normalized spacial score (nSPS) is 26.6. The van der Waals surface area contributed by atoms with Gasteiger partial charge in [-0.15, -0.1) is 0 Å². The van der Waals surface area contributed by atoms with E-state index in [1.165, 1.54) is 24.3 Å². The second-order valence-corrected chi connectivity index (χ2v) is 6.87. The van der Waals surface area contributed by atoms with E-state index in [0.29, 0.717) is 24.0 Å². The molecule has 132 valence electrons. The summed E-state index contributed by atoms with van der Waals surface area (Å²) in [6.07, 6.45) is 4.44. The van der Waals surface area contributed by atoms with E-state index >= 15 is 0 Å². The standard InChI is InChI=1S/C18H20FN3O3/c19-12-2-4-13(5-3-12)25-15-6-9-20-16(21-15)22-18(11-23)10-14(24)17(18)7-1-8-17/h2-6,9,14,23-24H,1,7-8,10-11H2,(H,20,21,22)/t14-,18+/m0/s1. The van der Waals surface area contributed by atoms with Crippen molar-refractivity contribution in [3.8, 4) is 11.6 Å². The zero-order valence-electron chi connectivity index (χ0n) is 13.7. The first-order valence-electron chi connectivity index (χ1n) is 8.41. The second kappa shape index (κ2) is 5.93. The highest BCUT2D eigenvalue weighted by molar-refractivity contribution is 5.40. The molecule has 1 heterocycles. The Balaban J connectivity index is 1.52. The Labute approximate surface area is 144 Å². The Morgan fingerprint density at radius 3 is 2.60 bits per heavy atom. The molecule has 0 aliphatic heterocycles. The fourth-order valence-electron chi connectivity index (χ4n) is 4.02. The second-order valence-electron chi connectivity index (χ2n) is 6.87. The molecule has 2 fully saturated rings. The number of anilines is 1. The van der Waals surface area contributed by atoms with Crippen molar-refractivity contribution in [2.75, 3.05) is 11.9 Å². The predicted molar refractivity (Wildman–Crippen MR) is 88.9 cm³/mol. The fraction of sp³-hybridized carbons (Fsp3) is 0.444. The Bertz CT molecular complexity index is 766. The van der Waals surface area contributed by atoms with Gasteiger partial charge < -0.3 is 20.3 Å². The van der Waals surface area contributed by atoms with Crippen molar-refractivity contribution in [3.05, 3.63) is 42.3 Å². The summed E-state index contributed by atoms with van der Waals surface area (Å²) in [5.74, 6) is 0.792. The Kier molecular flexibility index (Phi) is 3.85. The van der Waals surface area contributed by atoms with Gasteiger partial charge in [0, 0.05) is 17.7 Å². The lowest BCUT2D eigenvalue weighted by molar-refractivity contribution is -0.187. The van der Waals surface area contributed by atoms with Crippen LogP contribution in [0.4, 0.5) is 10.3 Å². The third-order valence-electron chi connectivity index (χ3n) is 5.67. The summed E-state index contributed by atoms with van der Waals surface area (Å²) >= 11 is 0. The minimum absolute atomic E-state index is 0.0868. The third kappa shape index (κ3) is 2.54. The molecular weight excluding hydrogens is 325 g/mol. The number of ether oxygens (including phenoxy) is 1. The van der Waals surface area contributed by atoms with Crippen molar-refractivity contribution in [3.63, 3.8) is 0 Å². The van der Waals surface area contributed by atoms with Gasteiger partial charge in [-0.3, -0.25) is 0 Å². The van der Waals surface area contributed by atoms with Crippen LogP contribution in [0.2, 0.25) is 0 Å². The first-order valence-corrected chi connectivity index (χ1v) is 8.41. The van der Waals surface area contributed by atoms with E-state index in [2.05, 4.69) is 15.3 Å². The first-order chi connectivity index (χ1) is 12.1. The number of nitrogens with zero attached hydrogens (tertiary/aromatic N) is 2. The minimum Gasteiger partial charge on any atom is -0.439 e. The number of benzene rings is 1. The number of aromatic nitrogens is 2. The lowest BCUT2D eigenvalue weighted by Crippen LogP contribution is -2.74. The topological polar surface area (TPSA) is 87.5 Å². The van der Waals surface area contributed by atoms with Crippen molar-refractivity contribution in [2.24, 2.45) is 5.41 Å². The van der Waals surface area contributed by atoms with Gasteiger partial charge in [0.05, 0.1) is 18.2 Å². The van der Waals surface area contributed by atoms with Gasteiger partial charge in [-0.1, -0.05) is 6.42 Å². The molecule has 6 nitrogen and oxygen atoms in total. The van der Waals surface area contributed by atoms with Gasteiger partial charge in [-0.2, -0.15) is 4.98 Å². The lowest BCUT2D eigenvalue weighted by atomic mass is 9.44. The maximum Gasteiger partial charge on any atom is 0.226 e. The molecule has 7 heteroatoms. The van der Waals surface area contributed by atoms with Gasteiger partial charge in [0.15, 0.2) is 0 Å². The van der Waals surface area contributed by atoms with Crippen molar-refractivity contribution in [1.29, 1.82) is 0 Å². The molecule has 1 aromatic carbocycles. The maximum absolute atomic E-state index is 13.0. The molecule has 2 saturated carbocycles. The largest absolute Gasteiger partial charge is 0.439 e. The van der Waals surface area contributed by atoms with Crippen LogP contribution in [0.5, 0.6) is 11.6 Å². The van der Waals surface area contributed by atoms with Crippen LogP contribution in [0.25, 0.3) is 0 Å². The zero-order chi connectivity index (χ0) is 17.5. The Morgan fingerprint density at radius 1 is 1.24 bits per heavy atom. The van der Waals surface area contributed by atoms with E-state index in [9.17, 15) is 14.6 Å². The van der Waals surface area contributed by atoms with Crippen LogP contribution in [0.1, 0.15) is 25.7 Å². The summed E-state index contributed by atoms with van der Waals surface area (Å²) in [5.41, 5.74) is -0.891. The Morgan fingerprint density at radius 2 is 2.00 bits per heavy atom. The maximum atomic E-state index is 13.0. The lowest BCUT2D eigenvalue weighted by Gasteiger charge is -2.66. The molecule has 1 spiro atoms. The van der Waals surface area contributed by atoms with Gasteiger partial charge in [-0.25, -0.2) is 9.37 Å². The van der Waals surface area contributed by atoms with Crippen LogP contribution >= 0.6 is 0 Å². The molecule has 0 bridgehead atoms. The minimum atomic E-state index is -0.598. The first kappa shape index (κ1) is 16.2. The molecule has 2 aliphatic carbocycles. The molecule has 25 heavy (non-hydrogen) atoms. The highest BCUT2D eigenvalue weighted by Crippen LogP contribution is 2.62. The van der Waals surface area contributed by atoms with Crippen LogP contribution < -0.4 is 10.1 Å². The number of aliphatic hydroxyl groups excluding tert-OH is 2. The van der Waals surface area contributed by atoms with Gasteiger partial charge in [-0.05, 0) is 43.5 Å². The molecule has 2 aliphatic rings. The van der Waals surface area contributed by atoms with Gasteiger partial charge in [0.2, 0.25) is 11.8 Å². The molecular formula is C18H20FN3O3. The van der Waals surface area contributed by atoms with E-state index in [4.69, 9.17) is 4.74 Å². The summed E-state index contributed by atoms with van der Waals surface area (Å²) < 4.78 is 18.6. The van der Waals surface area contributed by atoms with E-state index in [-0.39, 0.29) is 17.8 Å². The van der Waals surface area contributed by atoms with E-state index in [1.54, 1.807) is 12.3 Å². The zero-order valence-corrected chi connectivity index (χ0v) is 13.7. The smallest absolute Gasteiger partial charge is 0.226 e. The molecule has 1 aromatic heterocycles. The molecule has 4 rings (SSSR count). The van der Waals surface area contributed by atoms with Gasteiger partial charge in [0.25, 0.3) is 0 Å². The van der Waals surface area contributed by atoms with E-state index in [1.807, 2.05) is 0 Å². The van der Waals surface area contributed by atoms with Crippen molar-refractivity contribution < 1.29 is 19.3 Å². The predicted octanol–water partition coefficient (Wildman–Crippen LogP) is 2.49. The summed E-state index contributed by atoms with van der Waals surface area (Å²) in [7, 11) is 0. The molecule has 0 unspecified atom stereocenters. The van der Waals surface area contributed by atoms with Crippen LogP contribution in [-0.4, -0.2) is 38.4 Å². The summed E-state index contributed by atoms with van der Waals surface area (Å²) in [6, 6.07) is 7.27. The summed E-state index contributed by atoms with van der Waals surface area (Å²) in [5, 5.41) is 23.4. The summed E-state index contributed by atoms with van der Waals surface area (Å²) in [6.45, 7) is -0.0868. The molecule has 0 amide bonds. The van der Waals surface area contributed by atoms with Crippen LogP contribution in [0, 0.1) is 11.2 Å². The molecule has 2 atom stereocenters. The highest BCUT2D eigenvalue weighted by atomic mass is 19.1. The number of nitrogens with one attached hydrogen (secondary N) is 1. The quantitative estimate of drug-likeness (QED) is 0.772. The fourth-order valence-corrected chi connectivity index (χ4v) is 4.02. The average Bonchev–Trinajstić information content (AvgIpc) is 2.55. The summed E-state index contributed by atoms with van der Waals surface area (Å²) in [4.78, 5) is 8.53. The number of hydrogen-bond acceptors (Lipinski definition) is 6. The third-order valence-corrected chi connectivity index (χ3v) is 5.67. The van der Waals surface area contributed by atoms with Crippen LogP contribution in [0.15, 0.2) is 36.5 Å². The van der Waals surface area contributed by atoms with Gasteiger partial charge >= 0.3 is 0 Å².